The molecule has 1 amide bonds. The lowest BCUT2D eigenvalue weighted by Crippen LogP contribution is -2.61. The van der Waals surface area contributed by atoms with Crippen molar-refractivity contribution >= 4 is 5.91 Å². The fraction of sp³-hybridized carbons (Fsp3) is 0.611. The molecule has 2 aliphatic rings. The Hall–Kier alpha value is -1.39. The molecule has 3 rings (SSSR count). The van der Waals surface area contributed by atoms with Crippen molar-refractivity contribution < 1.29 is 9.90 Å². The molecule has 1 aliphatic carbocycles. The van der Waals surface area contributed by atoms with Crippen LogP contribution in [0.15, 0.2) is 24.3 Å². The summed E-state index contributed by atoms with van der Waals surface area (Å²) in [4.78, 5) is 17.3. The number of nitrogens with zero attached hydrogens (tertiary/aromatic N) is 2. The lowest BCUT2D eigenvalue weighted by Gasteiger charge is -2.44. The highest BCUT2D eigenvalue weighted by Gasteiger charge is 2.49. The molecule has 4 heteroatoms. The van der Waals surface area contributed by atoms with E-state index in [1.165, 1.54) is 30.4 Å². The predicted molar refractivity (Wildman–Crippen MR) is 86.7 cm³/mol. The van der Waals surface area contributed by atoms with Crippen molar-refractivity contribution in [3.8, 4) is 0 Å². The van der Waals surface area contributed by atoms with Crippen LogP contribution in [0.5, 0.6) is 0 Å². The van der Waals surface area contributed by atoms with Gasteiger partial charge in [-0.25, -0.2) is 0 Å². The SMILES string of the molecule is CN(CCO)C(=O)C1(N2CCCCC2)Cc2ccccc2C1. The van der Waals surface area contributed by atoms with Crippen molar-refractivity contribution in [3.05, 3.63) is 35.4 Å². The summed E-state index contributed by atoms with van der Waals surface area (Å²) < 4.78 is 0. The molecule has 0 radical (unpaired) electrons. The number of rotatable bonds is 4. The van der Waals surface area contributed by atoms with E-state index in [1.807, 2.05) is 7.05 Å². The largest absolute Gasteiger partial charge is 0.395 e. The summed E-state index contributed by atoms with van der Waals surface area (Å²) >= 11 is 0. The molecule has 1 aromatic rings. The minimum Gasteiger partial charge on any atom is -0.395 e. The molecule has 0 bridgehead atoms. The summed E-state index contributed by atoms with van der Waals surface area (Å²) in [5.41, 5.74) is 2.17. The van der Waals surface area contributed by atoms with Gasteiger partial charge in [0.25, 0.3) is 0 Å². The zero-order valence-electron chi connectivity index (χ0n) is 13.4. The summed E-state index contributed by atoms with van der Waals surface area (Å²) in [5, 5.41) is 9.19. The summed E-state index contributed by atoms with van der Waals surface area (Å²) in [7, 11) is 1.81. The third-order valence-electron chi connectivity index (χ3n) is 5.23. The number of carbonyl (C=O) groups excluding carboxylic acids is 1. The van der Waals surface area contributed by atoms with Gasteiger partial charge >= 0.3 is 0 Å². The fourth-order valence-electron chi connectivity index (χ4n) is 4.03. The van der Waals surface area contributed by atoms with Crippen molar-refractivity contribution in [1.29, 1.82) is 0 Å². The van der Waals surface area contributed by atoms with Crippen LogP contribution in [0.2, 0.25) is 0 Å². The number of piperidine rings is 1. The molecule has 1 fully saturated rings. The van der Waals surface area contributed by atoms with E-state index in [0.29, 0.717) is 6.54 Å². The van der Waals surface area contributed by atoms with Gasteiger partial charge in [0.05, 0.1) is 6.61 Å². The van der Waals surface area contributed by atoms with Gasteiger partial charge in [0.1, 0.15) is 5.54 Å². The molecule has 120 valence electrons. The first kappa shape index (κ1) is 15.5. The normalized spacial score (nSPS) is 20.6. The van der Waals surface area contributed by atoms with Gasteiger partial charge < -0.3 is 10.0 Å². The van der Waals surface area contributed by atoms with Crippen LogP contribution in [-0.2, 0) is 17.6 Å². The maximum atomic E-state index is 13.2. The zero-order valence-corrected chi connectivity index (χ0v) is 13.4. The van der Waals surface area contributed by atoms with E-state index in [1.54, 1.807) is 4.90 Å². The molecule has 1 N–H and O–H groups in total. The first-order chi connectivity index (χ1) is 10.7. The van der Waals surface area contributed by atoms with Gasteiger partial charge in [-0.2, -0.15) is 0 Å². The molecule has 1 saturated heterocycles. The third kappa shape index (κ3) is 2.66. The van der Waals surface area contributed by atoms with Gasteiger partial charge in [-0.3, -0.25) is 9.69 Å². The maximum Gasteiger partial charge on any atom is 0.243 e. The molecule has 1 heterocycles. The standard InChI is InChI=1S/C18H26N2O2/c1-19(11-12-21)17(22)18(20-9-5-2-6-10-20)13-15-7-3-4-8-16(15)14-18/h3-4,7-8,21H,2,5-6,9-14H2,1H3. The van der Waals surface area contributed by atoms with Gasteiger partial charge in [-0.15, -0.1) is 0 Å². The van der Waals surface area contributed by atoms with E-state index >= 15 is 0 Å². The van der Waals surface area contributed by atoms with Crippen LogP contribution in [0, 0.1) is 0 Å². The van der Waals surface area contributed by atoms with Crippen molar-refractivity contribution in [2.24, 2.45) is 0 Å². The van der Waals surface area contributed by atoms with Crippen molar-refractivity contribution in [2.75, 3.05) is 33.3 Å². The number of aliphatic hydroxyl groups excluding tert-OH is 1. The molecule has 4 nitrogen and oxygen atoms in total. The Bertz CT molecular complexity index is 513. The Morgan fingerprint density at radius 2 is 1.77 bits per heavy atom. The molecule has 0 saturated carbocycles. The quantitative estimate of drug-likeness (QED) is 0.916. The highest BCUT2D eigenvalue weighted by atomic mass is 16.3. The zero-order chi connectivity index (χ0) is 15.6. The second-order valence-electron chi connectivity index (χ2n) is 6.65. The van der Waals surface area contributed by atoms with E-state index in [4.69, 9.17) is 0 Å². The van der Waals surface area contributed by atoms with Gasteiger partial charge in [0.15, 0.2) is 0 Å². The second kappa shape index (κ2) is 6.39. The molecule has 0 spiro atoms. The number of aliphatic hydroxyl groups is 1. The van der Waals surface area contributed by atoms with Gasteiger partial charge in [0, 0.05) is 26.4 Å². The number of hydrogen-bond acceptors (Lipinski definition) is 3. The summed E-state index contributed by atoms with van der Waals surface area (Å²) in [5.74, 6) is 0.166. The van der Waals surface area contributed by atoms with Crippen molar-refractivity contribution in [3.63, 3.8) is 0 Å². The van der Waals surface area contributed by atoms with Crippen molar-refractivity contribution in [2.45, 2.75) is 37.6 Å². The summed E-state index contributed by atoms with van der Waals surface area (Å²) in [6.07, 6.45) is 5.22. The Labute approximate surface area is 132 Å². The summed E-state index contributed by atoms with van der Waals surface area (Å²) in [6, 6.07) is 8.43. The van der Waals surface area contributed by atoms with Crippen LogP contribution in [0.25, 0.3) is 0 Å². The number of benzene rings is 1. The van der Waals surface area contributed by atoms with Gasteiger partial charge in [-0.05, 0) is 37.1 Å². The number of fused-ring (bicyclic) bond motifs is 1. The van der Waals surface area contributed by atoms with Crippen LogP contribution >= 0.6 is 0 Å². The Morgan fingerprint density at radius 1 is 1.18 bits per heavy atom. The van der Waals surface area contributed by atoms with E-state index in [9.17, 15) is 9.90 Å². The lowest BCUT2D eigenvalue weighted by molar-refractivity contribution is -0.144. The van der Waals surface area contributed by atoms with Crippen LogP contribution in [0.1, 0.15) is 30.4 Å². The third-order valence-corrected chi connectivity index (χ3v) is 5.23. The van der Waals surface area contributed by atoms with Crippen LogP contribution in [0.4, 0.5) is 0 Å². The Morgan fingerprint density at radius 3 is 2.32 bits per heavy atom. The number of amides is 1. The highest BCUT2D eigenvalue weighted by Crippen LogP contribution is 2.37. The summed E-state index contributed by atoms with van der Waals surface area (Å²) in [6.45, 7) is 2.44. The number of hydrogen-bond donors (Lipinski definition) is 1. The van der Waals surface area contributed by atoms with E-state index in [0.717, 1.165) is 25.9 Å². The molecule has 0 unspecified atom stereocenters. The molecular weight excluding hydrogens is 276 g/mol. The second-order valence-corrected chi connectivity index (χ2v) is 6.65. The Balaban J connectivity index is 1.92. The molecule has 0 atom stereocenters. The smallest absolute Gasteiger partial charge is 0.243 e. The van der Waals surface area contributed by atoms with Crippen LogP contribution < -0.4 is 0 Å². The highest BCUT2D eigenvalue weighted by molar-refractivity contribution is 5.88. The van der Waals surface area contributed by atoms with E-state index < -0.39 is 5.54 Å². The monoisotopic (exact) mass is 302 g/mol. The first-order valence-electron chi connectivity index (χ1n) is 8.36. The topological polar surface area (TPSA) is 43.8 Å². The number of carbonyl (C=O) groups is 1. The van der Waals surface area contributed by atoms with Crippen molar-refractivity contribution in [1.82, 2.24) is 9.80 Å². The lowest BCUT2D eigenvalue weighted by atomic mass is 9.89. The van der Waals surface area contributed by atoms with Crippen LogP contribution in [0.3, 0.4) is 0 Å². The van der Waals surface area contributed by atoms with E-state index in [-0.39, 0.29) is 12.5 Å². The molecule has 1 aromatic carbocycles. The van der Waals surface area contributed by atoms with Gasteiger partial charge in [0.2, 0.25) is 5.91 Å². The Kier molecular flexibility index (Phi) is 4.50. The maximum absolute atomic E-state index is 13.2. The molecule has 22 heavy (non-hydrogen) atoms. The fourth-order valence-corrected chi connectivity index (χ4v) is 4.03. The van der Waals surface area contributed by atoms with Crippen LogP contribution in [-0.4, -0.2) is 59.6 Å². The number of likely N-dealkylation sites (tertiary alicyclic amines) is 1. The molecule has 1 aliphatic heterocycles. The average Bonchev–Trinajstić information content (AvgIpc) is 2.96. The molecule has 0 aromatic heterocycles. The van der Waals surface area contributed by atoms with Gasteiger partial charge in [-0.1, -0.05) is 30.7 Å². The molecular formula is C18H26N2O2. The predicted octanol–water partition coefficient (Wildman–Crippen LogP) is 1.46. The minimum atomic E-state index is -0.436. The first-order valence-corrected chi connectivity index (χ1v) is 8.36. The minimum absolute atomic E-state index is 0.0191. The van der Waals surface area contributed by atoms with E-state index in [2.05, 4.69) is 29.2 Å². The average molecular weight is 302 g/mol. The number of likely N-dealkylation sites (N-methyl/N-ethyl adjacent to an activating group) is 1.